The molecule has 0 spiro atoms. The van der Waals surface area contributed by atoms with Gasteiger partial charge in [-0.3, -0.25) is 4.79 Å². The fraction of sp³-hybridized carbons (Fsp3) is 0.133. The molecule has 1 aromatic carbocycles. The Morgan fingerprint density at radius 2 is 2.00 bits per heavy atom. The molecule has 0 aliphatic heterocycles. The van der Waals surface area contributed by atoms with Crippen LogP contribution in [-0.2, 0) is 0 Å². The molecule has 0 radical (unpaired) electrons. The highest BCUT2D eigenvalue weighted by Gasteiger charge is 2.18. The first-order valence-corrected chi connectivity index (χ1v) is 8.43. The van der Waals surface area contributed by atoms with Crippen LogP contribution < -0.4 is 0 Å². The van der Waals surface area contributed by atoms with Gasteiger partial charge in [0.05, 0.1) is 15.5 Å². The summed E-state index contributed by atoms with van der Waals surface area (Å²) in [6.45, 7) is 1.89. The molecule has 0 aliphatic carbocycles. The summed E-state index contributed by atoms with van der Waals surface area (Å²) in [5.41, 5.74) is 1.58. The zero-order chi connectivity index (χ0) is 14.8. The van der Waals surface area contributed by atoms with Crippen molar-refractivity contribution in [2.24, 2.45) is 0 Å². The van der Waals surface area contributed by atoms with E-state index in [9.17, 15) is 4.79 Å². The van der Waals surface area contributed by atoms with Crippen molar-refractivity contribution >= 4 is 50.7 Å². The quantitative estimate of drug-likeness (QED) is 0.394. The van der Waals surface area contributed by atoms with Crippen molar-refractivity contribution in [1.29, 1.82) is 0 Å². The highest BCUT2D eigenvalue weighted by atomic mass is 35.5. The summed E-state index contributed by atoms with van der Waals surface area (Å²) in [5, 5.41) is 3.24. The van der Waals surface area contributed by atoms with E-state index in [0.717, 1.165) is 15.2 Å². The third kappa shape index (κ3) is 3.10. The van der Waals surface area contributed by atoms with Gasteiger partial charge in [-0.15, -0.1) is 11.3 Å². The molecule has 0 fully saturated rings. The van der Waals surface area contributed by atoms with Crippen LogP contribution in [0.25, 0.3) is 10.2 Å². The Labute approximate surface area is 135 Å². The van der Waals surface area contributed by atoms with Gasteiger partial charge in [-0.25, -0.2) is 9.97 Å². The number of hydrogen-bond acceptors (Lipinski definition) is 5. The lowest BCUT2D eigenvalue weighted by atomic mass is 10.1. The summed E-state index contributed by atoms with van der Waals surface area (Å²) in [7, 11) is 0. The van der Waals surface area contributed by atoms with Gasteiger partial charge in [0.1, 0.15) is 11.4 Å². The number of Topliss-reactive ketones (excluding diaryl/α,β-unsaturated/α-hetero) is 1. The molecule has 2 aromatic heterocycles. The topological polar surface area (TPSA) is 42.9 Å². The highest BCUT2D eigenvalue weighted by Crippen LogP contribution is 2.32. The van der Waals surface area contributed by atoms with E-state index >= 15 is 0 Å². The molecule has 0 bridgehead atoms. The minimum absolute atomic E-state index is 0.0694. The van der Waals surface area contributed by atoms with Gasteiger partial charge in [-0.1, -0.05) is 23.4 Å². The second kappa shape index (κ2) is 6.13. The van der Waals surface area contributed by atoms with Gasteiger partial charge in [0.25, 0.3) is 0 Å². The Kier molecular flexibility index (Phi) is 4.24. The van der Waals surface area contributed by atoms with Crippen molar-refractivity contribution in [1.82, 2.24) is 9.97 Å². The number of halogens is 1. The fourth-order valence-corrected chi connectivity index (χ4v) is 3.96. The molecule has 3 rings (SSSR count). The first kappa shape index (κ1) is 14.5. The second-order valence-electron chi connectivity index (χ2n) is 4.45. The van der Waals surface area contributed by atoms with Crippen molar-refractivity contribution in [2.75, 3.05) is 0 Å². The largest absolute Gasteiger partial charge is 0.293 e. The van der Waals surface area contributed by atoms with Gasteiger partial charge in [0.15, 0.2) is 5.78 Å². The van der Waals surface area contributed by atoms with Crippen molar-refractivity contribution in [2.45, 2.75) is 17.2 Å². The molecule has 0 aliphatic rings. The zero-order valence-corrected chi connectivity index (χ0v) is 13.5. The number of ketones is 1. The van der Waals surface area contributed by atoms with Gasteiger partial charge < -0.3 is 0 Å². The van der Waals surface area contributed by atoms with E-state index in [-0.39, 0.29) is 11.0 Å². The predicted molar refractivity (Wildman–Crippen MR) is 88.5 cm³/mol. The average molecular weight is 335 g/mol. The van der Waals surface area contributed by atoms with E-state index < -0.39 is 0 Å². The summed E-state index contributed by atoms with van der Waals surface area (Å²) in [4.78, 5) is 20.9. The molecule has 3 nitrogen and oxygen atoms in total. The molecule has 0 amide bonds. The minimum Gasteiger partial charge on any atom is -0.293 e. The molecule has 6 heteroatoms. The normalized spacial score (nSPS) is 12.5. The van der Waals surface area contributed by atoms with E-state index in [2.05, 4.69) is 9.97 Å². The number of fused-ring (bicyclic) bond motifs is 1. The lowest BCUT2D eigenvalue weighted by Gasteiger charge is -2.10. The van der Waals surface area contributed by atoms with E-state index in [1.807, 2.05) is 18.4 Å². The molecular formula is C15H11ClN2OS2. The van der Waals surface area contributed by atoms with Crippen LogP contribution >= 0.6 is 34.7 Å². The minimum atomic E-state index is -0.216. The number of thioether (sulfide) groups is 1. The molecule has 1 atom stereocenters. The predicted octanol–water partition coefficient (Wildman–Crippen LogP) is 4.71. The average Bonchev–Trinajstić information content (AvgIpc) is 2.97. The van der Waals surface area contributed by atoms with Crippen LogP contribution in [-0.4, -0.2) is 21.0 Å². The number of hydrogen-bond donors (Lipinski definition) is 0. The van der Waals surface area contributed by atoms with Crippen LogP contribution in [0.1, 0.15) is 17.3 Å². The maximum Gasteiger partial charge on any atom is 0.175 e. The number of benzene rings is 1. The van der Waals surface area contributed by atoms with Crippen molar-refractivity contribution < 1.29 is 4.79 Å². The molecule has 21 heavy (non-hydrogen) atoms. The van der Waals surface area contributed by atoms with Gasteiger partial charge >= 0.3 is 0 Å². The number of carbonyl (C=O) groups excluding carboxylic acids is 1. The Morgan fingerprint density at radius 3 is 2.76 bits per heavy atom. The number of nitrogens with zero attached hydrogens (tertiary/aromatic N) is 2. The van der Waals surface area contributed by atoms with Crippen molar-refractivity contribution in [3.05, 3.63) is 52.6 Å². The zero-order valence-electron chi connectivity index (χ0n) is 11.1. The molecule has 0 saturated heterocycles. The van der Waals surface area contributed by atoms with Gasteiger partial charge in [-0.2, -0.15) is 0 Å². The summed E-state index contributed by atoms with van der Waals surface area (Å²) >= 11 is 8.90. The lowest BCUT2D eigenvalue weighted by molar-refractivity contribution is 0.0994. The number of rotatable bonds is 4. The molecule has 0 saturated carbocycles. The maximum atomic E-state index is 12.4. The number of aromatic nitrogens is 2. The molecule has 3 aromatic rings. The SMILES string of the molecule is C[C@@H](Sc1ncnc2ccsc12)C(=O)c1ccc(Cl)cc1. The summed E-state index contributed by atoms with van der Waals surface area (Å²) < 4.78 is 1.03. The third-order valence-corrected chi connectivity index (χ3v) is 5.39. The monoisotopic (exact) mass is 334 g/mol. The smallest absolute Gasteiger partial charge is 0.175 e. The van der Waals surface area contributed by atoms with Crippen molar-refractivity contribution in [3.8, 4) is 0 Å². The molecule has 2 heterocycles. The summed E-state index contributed by atoms with van der Waals surface area (Å²) in [5.74, 6) is 0.0694. The number of thiophene rings is 1. The third-order valence-electron chi connectivity index (χ3n) is 3.00. The molecule has 0 unspecified atom stereocenters. The Bertz CT molecular complexity index is 786. The fourth-order valence-electron chi connectivity index (χ4n) is 1.92. The van der Waals surface area contributed by atoms with Crippen LogP contribution in [0.5, 0.6) is 0 Å². The highest BCUT2D eigenvalue weighted by molar-refractivity contribution is 8.00. The van der Waals surface area contributed by atoms with E-state index in [1.165, 1.54) is 18.1 Å². The summed E-state index contributed by atoms with van der Waals surface area (Å²) in [6, 6.07) is 8.92. The van der Waals surface area contributed by atoms with E-state index in [1.54, 1.807) is 35.6 Å². The van der Waals surface area contributed by atoms with Crippen LogP contribution in [0.2, 0.25) is 5.02 Å². The van der Waals surface area contributed by atoms with Gasteiger partial charge in [0, 0.05) is 10.6 Å². The van der Waals surface area contributed by atoms with Crippen molar-refractivity contribution in [3.63, 3.8) is 0 Å². The summed E-state index contributed by atoms with van der Waals surface area (Å²) in [6.07, 6.45) is 1.54. The van der Waals surface area contributed by atoms with Crippen LogP contribution in [0.4, 0.5) is 0 Å². The Balaban J connectivity index is 1.82. The molecule has 106 valence electrons. The standard InChI is InChI=1S/C15H11ClN2OS2/c1-9(13(19)10-2-4-11(16)5-3-10)21-15-14-12(6-7-20-14)17-8-18-15/h2-9H,1H3/t9-/m1/s1. The maximum absolute atomic E-state index is 12.4. The van der Waals surface area contributed by atoms with E-state index in [4.69, 9.17) is 11.6 Å². The second-order valence-corrected chi connectivity index (χ2v) is 7.13. The van der Waals surface area contributed by atoms with Crippen LogP contribution in [0.15, 0.2) is 47.1 Å². The van der Waals surface area contributed by atoms with Crippen LogP contribution in [0, 0.1) is 0 Å². The van der Waals surface area contributed by atoms with E-state index in [0.29, 0.717) is 10.6 Å². The molecular weight excluding hydrogens is 324 g/mol. The first-order valence-electron chi connectivity index (χ1n) is 6.30. The van der Waals surface area contributed by atoms with Gasteiger partial charge in [0.2, 0.25) is 0 Å². The van der Waals surface area contributed by atoms with Crippen LogP contribution in [0.3, 0.4) is 0 Å². The Morgan fingerprint density at radius 1 is 1.24 bits per heavy atom. The molecule has 0 N–H and O–H groups in total. The lowest BCUT2D eigenvalue weighted by Crippen LogP contribution is -2.13. The van der Waals surface area contributed by atoms with Gasteiger partial charge in [-0.05, 0) is 42.6 Å². The number of carbonyl (C=O) groups is 1. The Hall–Kier alpha value is -1.43. The first-order chi connectivity index (χ1) is 10.1.